The van der Waals surface area contributed by atoms with Crippen LogP contribution < -0.4 is 14.8 Å². The highest BCUT2D eigenvalue weighted by Gasteiger charge is 2.50. The first-order valence-electron chi connectivity index (χ1n) is 20.6. The number of ketones is 1. The molecule has 2 aromatic carbocycles. The van der Waals surface area contributed by atoms with Crippen LogP contribution in [-0.4, -0.2) is 106 Å². The maximum absolute atomic E-state index is 14.5. The molecule has 60 heavy (non-hydrogen) atoms. The number of ether oxygens (including phenoxy) is 5. The Morgan fingerprint density at radius 3 is 2.23 bits per heavy atom. The number of carbonyl (C=O) groups is 4. The van der Waals surface area contributed by atoms with Crippen LogP contribution in [0.25, 0.3) is 10.8 Å². The quantitative estimate of drug-likeness (QED) is 0.178. The van der Waals surface area contributed by atoms with Crippen molar-refractivity contribution in [1.82, 2.24) is 4.90 Å². The van der Waals surface area contributed by atoms with Crippen molar-refractivity contribution in [2.45, 2.75) is 111 Å². The van der Waals surface area contributed by atoms with Crippen LogP contribution in [0.1, 0.15) is 90.1 Å². The van der Waals surface area contributed by atoms with Gasteiger partial charge in [0.15, 0.2) is 12.4 Å². The Morgan fingerprint density at radius 2 is 1.60 bits per heavy atom. The molecule has 1 fully saturated rings. The summed E-state index contributed by atoms with van der Waals surface area (Å²) in [5.41, 5.74) is 0.0423. The zero-order valence-corrected chi connectivity index (χ0v) is 35.9. The number of fused-ring (bicyclic) bond motifs is 14. The molecule has 5 bridgehead atoms. The van der Waals surface area contributed by atoms with Gasteiger partial charge in [-0.1, -0.05) is 58.8 Å². The summed E-state index contributed by atoms with van der Waals surface area (Å²) in [6.07, 6.45) is 7.37. The molecule has 0 saturated carbocycles. The van der Waals surface area contributed by atoms with Gasteiger partial charge in [-0.25, -0.2) is 0 Å². The SMILES string of the molecule is CO[C@H]1/C=C/O[C@@]2(C)Oc3c(C)c(O)c4c(O)c(cc(OCC(=O)N5CCCCCC5)c4c3C2=O)NC(=O)/C(C)=C\C=C\[C@H](C)[C@H](O)[C@@H](C)[C@@H](O)[C@H](C)[C@H](OC(C)=O)[C@H]1C. The number of rotatable bonds is 5. The van der Waals surface area contributed by atoms with Crippen LogP contribution in [-0.2, 0) is 28.6 Å². The largest absolute Gasteiger partial charge is 0.507 e. The Labute approximate surface area is 351 Å². The van der Waals surface area contributed by atoms with Crippen molar-refractivity contribution in [2.75, 3.05) is 32.1 Å². The fourth-order valence-electron chi connectivity index (χ4n) is 8.30. The van der Waals surface area contributed by atoms with E-state index in [0.29, 0.717) is 13.1 Å². The predicted molar refractivity (Wildman–Crippen MR) is 223 cm³/mol. The van der Waals surface area contributed by atoms with Gasteiger partial charge in [0.1, 0.15) is 23.4 Å². The van der Waals surface area contributed by atoms with E-state index >= 15 is 0 Å². The summed E-state index contributed by atoms with van der Waals surface area (Å²) in [6.45, 7) is 13.3. The summed E-state index contributed by atoms with van der Waals surface area (Å²) < 4.78 is 29.9. The Morgan fingerprint density at radius 1 is 0.933 bits per heavy atom. The Hall–Kier alpha value is -5.12. The summed E-state index contributed by atoms with van der Waals surface area (Å²) >= 11 is 0. The molecule has 0 radical (unpaired) electrons. The molecule has 0 aromatic heterocycles. The van der Waals surface area contributed by atoms with Crippen LogP contribution >= 0.6 is 0 Å². The van der Waals surface area contributed by atoms with E-state index in [-0.39, 0.29) is 50.6 Å². The van der Waals surface area contributed by atoms with Gasteiger partial charge in [-0.15, -0.1) is 0 Å². The molecule has 4 heterocycles. The van der Waals surface area contributed by atoms with Gasteiger partial charge in [-0.3, -0.25) is 19.2 Å². The van der Waals surface area contributed by atoms with Gasteiger partial charge in [-0.2, -0.15) is 0 Å². The first kappa shape index (κ1) is 46.0. The van der Waals surface area contributed by atoms with Crippen LogP contribution in [0.15, 0.2) is 42.2 Å². The number of hydrogen-bond acceptors (Lipinski definition) is 13. The minimum atomic E-state index is -2.02. The van der Waals surface area contributed by atoms with E-state index in [2.05, 4.69) is 5.32 Å². The normalized spacial score (nSPS) is 31.3. The number of aliphatic hydroxyl groups excluding tert-OH is 2. The second kappa shape index (κ2) is 19.1. The van der Waals surface area contributed by atoms with Crippen LogP contribution in [0.2, 0.25) is 0 Å². The number of likely N-dealkylation sites (tertiary alicyclic amines) is 1. The number of aromatic hydroxyl groups is 2. The highest BCUT2D eigenvalue weighted by atomic mass is 16.7. The third-order valence-corrected chi connectivity index (χ3v) is 12.1. The molecule has 4 aliphatic rings. The highest BCUT2D eigenvalue weighted by molar-refractivity contribution is 6.21. The fraction of sp³-hybridized carbons (Fsp3) is 0.556. The number of phenolic OH excluding ortho intramolecular Hbond substituents is 2. The molecule has 15 heteroatoms. The molecule has 5 N–H and O–H groups in total. The molecule has 2 amide bonds. The summed E-state index contributed by atoms with van der Waals surface area (Å²) in [5.74, 6) is -7.83. The zero-order valence-electron chi connectivity index (χ0n) is 35.9. The second-order valence-electron chi connectivity index (χ2n) is 16.5. The van der Waals surface area contributed by atoms with E-state index in [0.717, 1.165) is 25.7 Å². The van der Waals surface area contributed by atoms with Gasteiger partial charge >= 0.3 is 11.8 Å². The van der Waals surface area contributed by atoms with E-state index < -0.39 is 89.6 Å². The van der Waals surface area contributed by atoms with Crippen molar-refractivity contribution in [3.05, 3.63) is 53.3 Å². The van der Waals surface area contributed by atoms with Crippen molar-refractivity contribution in [3.8, 4) is 23.0 Å². The van der Waals surface area contributed by atoms with Gasteiger partial charge in [0, 0.05) is 80.3 Å². The fourth-order valence-corrected chi connectivity index (χ4v) is 8.30. The number of methoxy groups -OCH3 is 1. The van der Waals surface area contributed by atoms with Crippen LogP contribution in [0.4, 0.5) is 5.69 Å². The number of phenols is 2. The molecule has 6 rings (SSSR count). The van der Waals surface area contributed by atoms with Gasteiger partial charge < -0.3 is 54.3 Å². The topological polar surface area (TPSA) is 211 Å². The van der Waals surface area contributed by atoms with E-state index in [4.69, 9.17) is 23.7 Å². The Kier molecular flexibility index (Phi) is 14.6. The maximum Gasteiger partial charge on any atom is 0.312 e. The number of hydrogen-bond donors (Lipinski definition) is 5. The number of esters is 1. The van der Waals surface area contributed by atoms with Crippen LogP contribution in [0.3, 0.4) is 0 Å². The molecular formula is C45H60N2O13. The molecular weight excluding hydrogens is 776 g/mol. The summed E-state index contributed by atoms with van der Waals surface area (Å²) in [7, 11) is 1.44. The number of carbonyl (C=O) groups excluding carboxylic acids is 4. The smallest absolute Gasteiger partial charge is 0.312 e. The number of Topliss-reactive ketones (excluding diaryl/α,β-unsaturated/α-hetero) is 1. The lowest BCUT2D eigenvalue weighted by molar-refractivity contribution is -0.160. The van der Waals surface area contributed by atoms with Gasteiger partial charge in [0.2, 0.25) is 0 Å². The lowest BCUT2D eigenvalue weighted by Gasteiger charge is -2.38. The molecule has 0 unspecified atom stereocenters. The van der Waals surface area contributed by atoms with Crippen LogP contribution in [0, 0.1) is 30.6 Å². The van der Waals surface area contributed by atoms with Gasteiger partial charge in [0.05, 0.1) is 41.2 Å². The average molecular weight is 837 g/mol. The monoisotopic (exact) mass is 836 g/mol. The molecule has 0 aliphatic carbocycles. The third kappa shape index (κ3) is 9.43. The average Bonchev–Trinajstić information content (AvgIpc) is 3.35. The first-order valence-corrected chi connectivity index (χ1v) is 20.6. The molecule has 0 spiro atoms. The molecule has 1 saturated heterocycles. The number of benzene rings is 2. The third-order valence-electron chi connectivity index (χ3n) is 12.1. The van der Waals surface area contributed by atoms with E-state index in [9.17, 15) is 39.6 Å². The molecule has 4 aliphatic heterocycles. The molecule has 2 aromatic rings. The van der Waals surface area contributed by atoms with Crippen LogP contribution in [0.5, 0.6) is 23.0 Å². The number of aliphatic hydroxyl groups is 2. The minimum absolute atomic E-state index is 0.0446. The number of anilines is 1. The zero-order chi connectivity index (χ0) is 44.2. The summed E-state index contributed by atoms with van der Waals surface area (Å²) in [5, 5.41) is 48.6. The second-order valence-corrected chi connectivity index (χ2v) is 16.5. The molecule has 328 valence electrons. The van der Waals surface area contributed by atoms with Crippen molar-refractivity contribution in [3.63, 3.8) is 0 Å². The van der Waals surface area contributed by atoms with E-state index in [1.807, 2.05) is 0 Å². The van der Waals surface area contributed by atoms with Gasteiger partial charge in [-0.05, 0) is 32.8 Å². The maximum atomic E-state index is 14.5. The lowest BCUT2D eigenvalue weighted by Crippen LogP contribution is -2.46. The van der Waals surface area contributed by atoms with Crippen molar-refractivity contribution in [2.24, 2.45) is 23.7 Å². The van der Waals surface area contributed by atoms with E-state index in [1.165, 1.54) is 59.3 Å². The molecule has 15 nitrogen and oxygen atoms in total. The van der Waals surface area contributed by atoms with E-state index in [1.54, 1.807) is 44.7 Å². The predicted octanol–water partition coefficient (Wildman–Crippen LogP) is 5.83. The number of amides is 2. The van der Waals surface area contributed by atoms with Crippen molar-refractivity contribution in [1.29, 1.82) is 0 Å². The highest BCUT2D eigenvalue weighted by Crippen LogP contribution is 2.54. The van der Waals surface area contributed by atoms with Crippen molar-refractivity contribution >= 4 is 40.0 Å². The Bertz CT molecular complexity index is 2050. The number of nitrogens with one attached hydrogen (secondary N) is 1. The summed E-state index contributed by atoms with van der Waals surface area (Å²) in [6, 6.07) is 1.29. The number of nitrogens with zero attached hydrogens (tertiary/aromatic N) is 1. The lowest BCUT2D eigenvalue weighted by atomic mass is 9.78. The van der Waals surface area contributed by atoms with Crippen molar-refractivity contribution < 1.29 is 63.3 Å². The number of allylic oxidation sites excluding steroid dienone is 2. The Balaban J connectivity index is 1.66. The molecule has 9 atom stereocenters. The summed E-state index contributed by atoms with van der Waals surface area (Å²) in [4.78, 5) is 55.6. The first-order chi connectivity index (χ1) is 28.3. The van der Waals surface area contributed by atoms with Gasteiger partial charge in [0.25, 0.3) is 17.6 Å². The minimum Gasteiger partial charge on any atom is -0.507 e. The standard InChI is InChI=1S/C45H60N2O13/c1-23-15-14-16-24(2)44(55)46-30-21-32(57-22-33(49)47-18-12-10-11-13-19-47)34-35(40(30)53)39(52)28(6)42-36(34)43(54)45(8,60-42)58-20-17-31(56-9)25(3)41(59-29(7)48)27(5)38(51)26(4)37(23)50/h14-17,20-21,23,25-27,31,37-38,41,50-53H,10-13,18-19,22H2,1-9H3,(H,46,55)/b15-14+,20-17+,24-16-/t23-,25-,26+,27-,31-,37-,38+,41+,45-/m0/s1.